The molecular formula is C12H11BrN2O2. The fourth-order valence-electron chi connectivity index (χ4n) is 1.29. The molecule has 0 aliphatic carbocycles. The third kappa shape index (κ3) is 3.51. The van der Waals surface area contributed by atoms with Crippen LogP contribution in [0.15, 0.2) is 40.9 Å². The van der Waals surface area contributed by atoms with Crippen LogP contribution in [0.5, 0.6) is 5.88 Å². The molecule has 0 amide bonds. The van der Waals surface area contributed by atoms with E-state index in [0.717, 1.165) is 10.0 Å². The maximum atomic E-state index is 8.82. The molecule has 0 fully saturated rings. The SMILES string of the molecule is OCc1ccc(OCc2cccc(Br)c2)nn1. The highest BCUT2D eigenvalue weighted by molar-refractivity contribution is 9.10. The molecule has 17 heavy (non-hydrogen) atoms. The number of rotatable bonds is 4. The van der Waals surface area contributed by atoms with Gasteiger partial charge in [-0.15, -0.1) is 10.2 Å². The number of aliphatic hydroxyl groups is 1. The van der Waals surface area contributed by atoms with Crippen molar-refractivity contribution in [1.82, 2.24) is 10.2 Å². The Morgan fingerprint density at radius 3 is 2.71 bits per heavy atom. The first-order valence-electron chi connectivity index (χ1n) is 5.08. The number of halogens is 1. The quantitative estimate of drug-likeness (QED) is 0.940. The molecule has 4 nitrogen and oxygen atoms in total. The zero-order valence-electron chi connectivity index (χ0n) is 9.01. The molecule has 1 aromatic heterocycles. The Bertz CT molecular complexity index is 488. The second-order valence-corrected chi connectivity index (χ2v) is 4.36. The van der Waals surface area contributed by atoms with Crippen molar-refractivity contribution in [2.24, 2.45) is 0 Å². The van der Waals surface area contributed by atoms with Crippen LogP contribution < -0.4 is 4.74 Å². The van der Waals surface area contributed by atoms with Crippen molar-refractivity contribution in [3.63, 3.8) is 0 Å². The van der Waals surface area contributed by atoms with Gasteiger partial charge < -0.3 is 9.84 Å². The lowest BCUT2D eigenvalue weighted by Gasteiger charge is -2.05. The molecule has 0 bridgehead atoms. The lowest BCUT2D eigenvalue weighted by Crippen LogP contribution is -1.99. The summed E-state index contributed by atoms with van der Waals surface area (Å²) in [6.45, 7) is 0.325. The van der Waals surface area contributed by atoms with Crippen molar-refractivity contribution in [3.8, 4) is 5.88 Å². The Morgan fingerprint density at radius 2 is 2.06 bits per heavy atom. The Balaban J connectivity index is 1.97. The molecular weight excluding hydrogens is 284 g/mol. The molecule has 0 aliphatic rings. The minimum absolute atomic E-state index is 0.112. The molecule has 0 spiro atoms. The second-order valence-electron chi connectivity index (χ2n) is 3.44. The first-order chi connectivity index (χ1) is 8.28. The summed E-state index contributed by atoms with van der Waals surface area (Å²) < 4.78 is 6.48. The number of aliphatic hydroxyl groups excluding tert-OH is 1. The van der Waals surface area contributed by atoms with Gasteiger partial charge in [-0.3, -0.25) is 0 Å². The molecule has 0 radical (unpaired) electrons. The van der Waals surface area contributed by atoms with E-state index in [1.165, 1.54) is 0 Å². The van der Waals surface area contributed by atoms with Gasteiger partial charge in [-0.25, -0.2) is 0 Å². The Kier molecular flexibility index (Phi) is 4.06. The molecule has 1 heterocycles. The maximum Gasteiger partial charge on any atom is 0.233 e. The van der Waals surface area contributed by atoms with E-state index in [1.54, 1.807) is 12.1 Å². The van der Waals surface area contributed by atoms with Crippen molar-refractivity contribution >= 4 is 15.9 Å². The minimum atomic E-state index is -0.112. The van der Waals surface area contributed by atoms with Gasteiger partial charge in [0.2, 0.25) is 5.88 Å². The zero-order chi connectivity index (χ0) is 12.1. The van der Waals surface area contributed by atoms with Crippen LogP contribution in [0.25, 0.3) is 0 Å². The largest absolute Gasteiger partial charge is 0.472 e. The Morgan fingerprint density at radius 1 is 1.18 bits per heavy atom. The molecule has 0 saturated heterocycles. The highest BCUT2D eigenvalue weighted by Crippen LogP contribution is 2.13. The third-order valence-corrected chi connectivity index (χ3v) is 2.63. The second kappa shape index (κ2) is 5.75. The first kappa shape index (κ1) is 12.0. The van der Waals surface area contributed by atoms with E-state index >= 15 is 0 Å². The fraction of sp³-hybridized carbons (Fsp3) is 0.167. The average molecular weight is 295 g/mol. The predicted molar refractivity (Wildman–Crippen MR) is 66.4 cm³/mol. The van der Waals surface area contributed by atoms with Crippen LogP contribution in [0.4, 0.5) is 0 Å². The number of ether oxygens (including phenoxy) is 1. The van der Waals surface area contributed by atoms with E-state index in [1.807, 2.05) is 24.3 Å². The number of aromatic nitrogens is 2. The van der Waals surface area contributed by atoms with Crippen molar-refractivity contribution < 1.29 is 9.84 Å². The fourth-order valence-corrected chi connectivity index (χ4v) is 1.74. The van der Waals surface area contributed by atoms with Crippen molar-refractivity contribution in [3.05, 3.63) is 52.1 Å². The summed E-state index contributed by atoms with van der Waals surface area (Å²) in [5.74, 6) is 0.446. The van der Waals surface area contributed by atoms with Gasteiger partial charge in [0.05, 0.1) is 12.3 Å². The number of nitrogens with zero attached hydrogens (tertiary/aromatic N) is 2. The normalized spacial score (nSPS) is 10.2. The Hall–Kier alpha value is -1.46. The van der Waals surface area contributed by atoms with Gasteiger partial charge in [0.1, 0.15) is 6.61 Å². The van der Waals surface area contributed by atoms with E-state index in [-0.39, 0.29) is 6.61 Å². The summed E-state index contributed by atoms with van der Waals surface area (Å²) in [5.41, 5.74) is 1.58. The monoisotopic (exact) mass is 294 g/mol. The number of hydrogen-bond acceptors (Lipinski definition) is 4. The van der Waals surface area contributed by atoms with E-state index < -0.39 is 0 Å². The van der Waals surface area contributed by atoms with Crippen LogP contribution in [0.1, 0.15) is 11.3 Å². The highest BCUT2D eigenvalue weighted by Gasteiger charge is 1.99. The number of hydrogen-bond donors (Lipinski definition) is 1. The van der Waals surface area contributed by atoms with Crippen LogP contribution in [-0.2, 0) is 13.2 Å². The molecule has 0 saturated carbocycles. The first-order valence-corrected chi connectivity index (χ1v) is 5.88. The van der Waals surface area contributed by atoms with Crippen LogP contribution in [-0.4, -0.2) is 15.3 Å². The van der Waals surface area contributed by atoms with E-state index in [9.17, 15) is 0 Å². The minimum Gasteiger partial charge on any atom is -0.472 e. The van der Waals surface area contributed by atoms with Crippen LogP contribution in [0.2, 0.25) is 0 Å². The zero-order valence-corrected chi connectivity index (χ0v) is 10.6. The van der Waals surface area contributed by atoms with Crippen LogP contribution in [0.3, 0.4) is 0 Å². The summed E-state index contributed by atoms with van der Waals surface area (Å²) in [7, 11) is 0. The van der Waals surface area contributed by atoms with E-state index in [4.69, 9.17) is 9.84 Å². The summed E-state index contributed by atoms with van der Waals surface area (Å²) in [5, 5.41) is 16.5. The van der Waals surface area contributed by atoms with Gasteiger partial charge in [-0.1, -0.05) is 28.1 Å². The van der Waals surface area contributed by atoms with Gasteiger partial charge in [-0.2, -0.15) is 0 Å². The standard InChI is InChI=1S/C12H11BrN2O2/c13-10-3-1-2-9(6-10)8-17-12-5-4-11(7-16)14-15-12/h1-6,16H,7-8H2. The van der Waals surface area contributed by atoms with Gasteiger partial charge in [0.25, 0.3) is 0 Å². The molecule has 1 N–H and O–H groups in total. The van der Waals surface area contributed by atoms with E-state index in [0.29, 0.717) is 18.2 Å². The van der Waals surface area contributed by atoms with Crippen molar-refractivity contribution in [2.75, 3.05) is 0 Å². The lowest BCUT2D eigenvalue weighted by atomic mass is 10.2. The maximum absolute atomic E-state index is 8.82. The summed E-state index contributed by atoms with van der Waals surface area (Å²) in [6, 6.07) is 11.2. The molecule has 1 aromatic carbocycles. The van der Waals surface area contributed by atoms with Gasteiger partial charge in [0.15, 0.2) is 0 Å². The molecule has 88 valence electrons. The van der Waals surface area contributed by atoms with Crippen LogP contribution in [0, 0.1) is 0 Å². The number of benzene rings is 1. The molecule has 0 atom stereocenters. The van der Waals surface area contributed by atoms with Gasteiger partial charge >= 0.3 is 0 Å². The molecule has 0 unspecified atom stereocenters. The van der Waals surface area contributed by atoms with Crippen molar-refractivity contribution in [2.45, 2.75) is 13.2 Å². The van der Waals surface area contributed by atoms with Crippen LogP contribution >= 0.6 is 15.9 Å². The van der Waals surface area contributed by atoms with Gasteiger partial charge in [0, 0.05) is 10.5 Å². The molecule has 0 aliphatic heterocycles. The summed E-state index contributed by atoms with van der Waals surface area (Å²) in [6.07, 6.45) is 0. The predicted octanol–water partition coefficient (Wildman–Crippen LogP) is 2.31. The molecule has 2 rings (SSSR count). The summed E-state index contributed by atoms with van der Waals surface area (Å²) >= 11 is 3.40. The lowest BCUT2D eigenvalue weighted by molar-refractivity contribution is 0.269. The topological polar surface area (TPSA) is 55.2 Å². The third-order valence-electron chi connectivity index (χ3n) is 2.13. The molecule has 2 aromatic rings. The van der Waals surface area contributed by atoms with Crippen molar-refractivity contribution in [1.29, 1.82) is 0 Å². The Labute approximate surface area is 107 Å². The van der Waals surface area contributed by atoms with E-state index in [2.05, 4.69) is 26.1 Å². The van der Waals surface area contributed by atoms with Gasteiger partial charge in [-0.05, 0) is 23.8 Å². The summed E-state index contributed by atoms with van der Waals surface area (Å²) in [4.78, 5) is 0. The molecule has 5 heteroatoms. The smallest absolute Gasteiger partial charge is 0.233 e. The average Bonchev–Trinajstić information content (AvgIpc) is 2.37. The highest BCUT2D eigenvalue weighted by atomic mass is 79.9.